The van der Waals surface area contributed by atoms with Gasteiger partial charge in [0.25, 0.3) is 0 Å². The highest BCUT2D eigenvalue weighted by atomic mass is 16.3. The van der Waals surface area contributed by atoms with Crippen molar-refractivity contribution in [2.45, 2.75) is 51.6 Å². The number of carbonyl (C=O) groups is 2. The van der Waals surface area contributed by atoms with Crippen molar-refractivity contribution in [1.29, 1.82) is 0 Å². The molecule has 1 saturated heterocycles. The lowest BCUT2D eigenvalue weighted by Gasteiger charge is -2.38. The maximum atomic E-state index is 12.5. The van der Waals surface area contributed by atoms with Crippen LogP contribution in [0.15, 0.2) is 0 Å². The lowest BCUT2D eigenvalue weighted by molar-refractivity contribution is -0.140. The Morgan fingerprint density at radius 3 is 2.58 bits per heavy atom. The van der Waals surface area contributed by atoms with Crippen molar-refractivity contribution in [3.63, 3.8) is 0 Å². The Labute approximate surface area is 114 Å². The second kappa shape index (κ2) is 5.90. The summed E-state index contributed by atoms with van der Waals surface area (Å²) in [4.78, 5) is 28.0. The second-order valence-electron chi connectivity index (χ2n) is 5.88. The Balaban J connectivity index is 2.00. The summed E-state index contributed by atoms with van der Waals surface area (Å²) in [6.45, 7) is 4.88. The second-order valence-corrected chi connectivity index (χ2v) is 5.88. The SMILES string of the molecule is CC(C)N1CC(C(=O)N(CCO)C2CCC2)CC1=O. The summed E-state index contributed by atoms with van der Waals surface area (Å²) in [5, 5.41) is 9.12. The number of likely N-dealkylation sites (tertiary alicyclic amines) is 1. The molecule has 2 fully saturated rings. The van der Waals surface area contributed by atoms with Crippen molar-refractivity contribution in [2.75, 3.05) is 19.7 Å². The minimum atomic E-state index is -0.220. The van der Waals surface area contributed by atoms with E-state index in [9.17, 15) is 9.59 Å². The molecule has 0 radical (unpaired) electrons. The van der Waals surface area contributed by atoms with Crippen LogP contribution in [0.3, 0.4) is 0 Å². The van der Waals surface area contributed by atoms with E-state index in [1.54, 1.807) is 9.80 Å². The van der Waals surface area contributed by atoms with Crippen LogP contribution in [0.2, 0.25) is 0 Å². The maximum absolute atomic E-state index is 12.5. The number of aliphatic hydroxyl groups is 1. The molecule has 1 saturated carbocycles. The molecule has 1 N–H and O–H groups in total. The van der Waals surface area contributed by atoms with Gasteiger partial charge >= 0.3 is 0 Å². The van der Waals surface area contributed by atoms with E-state index < -0.39 is 0 Å². The van der Waals surface area contributed by atoms with Crippen molar-refractivity contribution in [2.24, 2.45) is 5.92 Å². The zero-order chi connectivity index (χ0) is 14.0. The predicted octanol–water partition coefficient (Wildman–Crippen LogP) is 0.617. The standard InChI is InChI=1S/C14H24N2O3/c1-10(2)16-9-11(8-13(16)18)14(19)15(6-7-17)12-4-3-5-12/h10-12,17H,3-9H2,1-2H3. The van der Waals surface area contributed by atoms with Gasteiger partial charge in [0.05, 0.1) is 12.5 Å². The zero-order valence-electron chi connectivity index (χ0n) is 11.8. The molecule has 1 unspecified atom stereocenters. The van der Waals surface area contributed by atoms with Crippen LogP contribution in [0.1, 0.15) is 39.5 Å². The van der Waals surface area contributed by atoms with E-state index in [1.807, 2.05) is 13.8 Å². The number of aliphatic hydroxyl groups excluding tert-OH is 1. The summed E-state index contributed by atoms with van der Waals surface area (Å²) in [6.07, 6.45) is 3.54. The highest BCUT2D eigenvalue weighted by molar-refractivity contribution is 5.89. The number of rotatable bonds is 5. The summed E-state index contributed by atoms with van der Waals surface area (Å²) >= 11 is 0. The van der Waals surface area contributed by atoms with E-state index in [1.165, 1.54) is 0 Å². The van der Waals surface area contributed by atoms with Gasteiger partial charge in [-0.1, -0.05) is 0 Å². The summed E-state index contributed by atoms with van der Waals surface area (Å²) in [6, 6.07) is 0.433. The molecule has 0 bridgehead atoms. The van der Waals surface area contributed by atoms with Gasteiger partial charge in [0.2, 0.25) is 11.8 Å². The van der Waals surface area contributed by atoms with E-state index in [0.717, 1.165) is 19.3 Å². The minimum absolute atomic E-state index is 0.00317. The van der Waals surface area contributed by atoms with Crippen molar-refractivity contribution in [3.05, 3.63) is 0 Å². The molecule has 5 heteroatoms. The molecule has 0 aromatic rings. The van der Waals surface area contributed by atoms with Gasteiger partial charge in [0, 0.05) is 31.6 Å². The first kappa shape index (κ1) is 14.3. The number of nitrogens with zero attached hydrogens (tertiary/aromatic N) is 2. The van der Waals surface area contributed by atoms with Crippen LogP contribution < -0.4 is 0 Å². The van der Waals surface area contributed by atoms with E-state index >= 15 is 0 Å². The Hall–Kier alpha value is -1.10. The van der Waals surface area contributed by atoms with E-state index in [-0.39, 0.29) is 36.4 Å². The fraction of sp³-hybridized carbons (Fsp3) is 0.857. The zero-order valence-corrected chi connectivity index (χ0v) is 11.8. The molecule has 2 aliphatic rings. The van der Waals surface area contributed by atoms with Gasteiger partial charge in [0.1, 0.15) is 0 Å². The molecule has 1 heterocycles. The average Bonchev–Trinajstić information content (AvgIpc) is 2.67. The molecule has 0 aromatic carbocycles. The van der Waals surface area contributed by atoms with Crippen molar-refractivity contribution in [3.8, 4) is 0 Å². The van der Waals surface area contributed by atoms with Crippen LogP contribution in [0.4, 0.5) is 0 Å². The maximum Gasteiger partial charge on any atom is 0.228 e. The molecule has 0 spiro atoms. The van der Waals surface area contributed by atoms with Crippen LogP contribution >= 0.6 is 0 Å². The smallest absolute Gasteiger partial charge is 0.228 e. The lowest BCUT2D eigenvalue weighted by Crippen LogP contribution is -2.48. The predicted molar refractivity (Wildman–Crippen MR) is 71.4 cm³/mol. The number of hydrogen-bond acceptors (Lipinski definition) is 3. The van der Waals surface area contributed by atoms with Gasteiger partial charge in [-0.15, -0.1) is 0 Å². The molecule has 5 nitrogen and oxygen atoms in total. The summed E-state index contributed by atoms with van der Waals surface area (Å²) in [5.74, 6) is -0.0943. The monoisotopic (exact) mass is 268 g/mol. The molecular formula is C14H24N2O3. The normalized spacial score (nSPS) is 23.9. The third kappa shape index (κ3) is 2.91. The van der Waals surface area contributed by atoms with Gasteiger partial charge in [0.15, 0.2) is 0 Å². The van der Waals surface area contributed by atoms with Crippen LogP contribution in [0, 0.1) is 5.92 Å². The van der Waals surface area contributed by atoms with Gasteiger partial charge in [-0.3, -0.25) is 9.59 Å². The van der Waals surface area contributed by atoms with Crippen molar-refractivity contribution in [1.82, 2.24) is 9.80 Å². The topological polar surface area (TPSA) is 60.9 Å². The first-order valence-electron chi connectivity index (χ1n) is 7.25. The Bertz CT molecular complexity index is 353. The molecule has 1 atom stereocenters. The molecule has 19 heavy (non-hydrogen) atoms. The van der Waals surface area contributed by atoms with Crippen LogP contribution in [-0.2, 0) is 9.59 Å². The third-order valence-corrected chi connectivity index (χ3v) is 4.27. The Kier molecular flexibility index (Phi) is 4.45. The summed E-state index contributed by atoms with van der Waals surface area (Å²) in [5.41, 5.74) is 0. The van der Waals surface area contributed by atoms with E-state index in [4.69, 9.17) is 5.11 Å². The fourth-order valence-corrected chi connectivity index (χ4v) is 2.91. The first-order valence-corrected chi connectivity index (χ1v) is 7.25. The largest absolute Gasteiger partial charge is 0.395 e. The minimum Gasteiger partial charge on any atom is -0.395 e. The number of amides is 2. The van der Waals surface area contributed by atoms with Crippen LogP contribution in [0.25, 0.3) is 0 Å². The number of carbonyl (C=O) groups excluding carboxylic acids is 2. The molecule has 2 rings (SSSR count). The van der Waals surface area contributed by atoms with Gasteiger partial charge in [-0.25, -0.2) is 0 Å². The first-order chi connectivity index (χ1) is 9.04. The highest BCUT2D eigenvalue weighted by Crippen LogP contribution is 2.29. The molecule has 1 aliphatic carbocycles. The third-order valence-electron chi connectivity index (χ3n) is 4.27. The van der Waals surface area contributed by atoms with E-state index in [2.05, 4.69) is 0 Å². The Morgan fingerprint density at radius 2 is 2.16 bits per heavy atom. The molecule has 0 aromatic heterocycles. The van der Waals surface area contributed by atoms with E-state index in [0.29, 0.717) is 19.5 Å². The van der Waals surface area contributed by atoms with Gasteiger partial charge in [-0.05, 0) is 33.1 Å². The lowest BCUT2D eigenvalue weighted by atomic mass is 9.90. The molecule has 108 valence electrons. The molecule has 2 amide bonds. The summed E-state index contributed by atoms with van der Waals surface area (Å²) < 4.78 is 0. The summed E-state index contributed by atoms with van der Waals surface area (Å²) in [7, 11) is 0. The fourth-order valence-electron chi connectivity index (χ4n) is 2.91. The van der Waals surface area contributed by atoms with Crippen LogP contribution in [0.5, 0.6) is 0 Å². The highest BCUT2D eigenvalue weighted by Gasteiger charge is 2.39. The average molecular weight is 268 g/mol. The van der Waals surface area contributed by atoms with Crippen molar-refractivity contribution >= 4 is 11.8 Å². The van der Waals surface area contributed by atoms with Crippen molar-refractivity contribution < 1.29 is 14.7 Å². The van der Waals surface area contributed by atoms with Crippen LogP contribution in [-0.4, -0.2) is 58.5 Å². The van der Waals surface area contributed by atoms with Gasteiger partial charge < -0.3 is 14.9 Å². The quantitative estimate of drug-likeness (QED) is 0.795. The number of hydrogen-bond donors (Lipinski definition) is 1. The van der Waals surface area contributed by atoms with Gasteiger partial charge in [-0.2, -0.15) is 0 Å². The molecular weight excluding hydrogens is 244 g/mol. The Morgan fingerprint density at radius 1 is 1.47 bits per heavy atom. The molecule has 1 aliphatic heterocycles.